The van der Waals surface area contributed by atoms with E-state index in [1.54, 1.807) is 4.90 Å². The number of halogens is 2. The monoisotopic (exact) mass is 491 g/mol. The molecule has 0 unspecified atom stereocenters. The van der Waals surface area contributed by atoms with Gasteiger partial charge in [-0.05, 0) is 44.6 Å². The van der Waals surface area contributed by atoms with Gasteiger partial charge in [0.1, 0.15) is 0 Å². The van der Waals surface area contributed by atoms with Crippen molar-refractivity contribution in [1.29, 1.82) is 0 Å². The van der Waals surface area contributed by atoms with Crippen molar-refractivity contribution in [3.63, 3.8) is 0 Å². The number of carbonyl (C=O) groups is 1. The Morgan fingerprint density at radius 1 is 0.968 bits per heavy atom. The van der Waals surface area contributed by atoms with Crippen molar-refractivity contribution in [3.8, 4) is 0 Å². The van der Waals surface area contributed by atoms with E-state index in [4.69, 9.17) is 23.2 Å². The molecule has 31 heavy (non-hydrogen) atoms. The topological polar surface area (TPSA) is 76.2 Å². The lowest BCUT2D eigenvalue weighted by molar-refractivity contribution is 0.151. The van der Waals surface area contributed by atoms with Gasteiger partial charge in [0, 0.05) is 58.9 Å². The molecular formula is C20H31Cl2N5O3S. The van der Waals surface area contributed by atoms with Gasteiger partial charge < -0.3 is 20.0 Å². The molecule has 2 saturated heterocycles. The number of unbranched alkanes of at least 4 members (excludes halogenated alkanes) is 1. The van der Waals surface area contributed by atoms with Crippen molar-refractivity contribution in [2.75, 3.05) is 72.5 Å². The molecule has 1 aromatic carbocycles. The molecule has 0 radical (unpaired) electrons. The summed E-state index contributed by atoms with van der Waals surface area (Å²) in [5, 5.41) is 3.47. The molecule has 0 spiro atoms. The van der Waals surface area contributed by atoms with Gasteiger partial charge in [-0.3, -0.25) is 0 Å². The minimum absolute atomic E-state index is 0.111. The second-order valence-corrected chi connectivity index (χ2v) is 10.8. The van der Waals surface area contributed by atoms with Crippen LogP contribution >= 0.6 is 23.2 Å². The molecule has 2 amide bonds. The van der Waals surface area contributed by atoms with Crippen molar-refractivity contribution >= 4 is 39.3 Å². The number of sulfonamides is 1. The lowest BCUT2D eigenvalue weighted by Gasteiger charge is -2.34. The number of carbonyl (C=O) groups excluding carboxylic acids is 1. The molecule has 11 heteroatoms. The van der Waals surface area contributed by atoms with Gasteiger partial charge >= 0.3 is 6.03 Å². The van der Waals surface area contributed by atoms with Crippen LogP contribution in [0, 0.1) is 0 Å². The molecule has 2 aliphatic rings. The predicted octanol–water partition coefficient (Wildman–Crippen LogP) is 2.04. The van der Waals surface area contributed by atoms with E-state index in [2.05, 4.69) is 22.2 Å². The highest BCUT2D eigenvalue weighted by Gasteiger charge is 2.30. The highest BCUT2D eigenvalue weighted by Crippen LogP contribution is 2.27. The summed E-state index contributed by atoms with van der Waals surface area (Å²) in [7, 11) is -1.52. The van der Waals surface area contributed by atoms with E-state index in [-0.39, 0.29) is 29.0 Å². The molecular weight excluding hydrogens is 461 g/mol. The van der Waals surface area contributed by atoms with Gasteiger partial charge in [-0.25, -0.2) is 13.2 Å². The number of amides is 2. The van der Waals surface area contributed by atoms with E-state index in [1.165, 1.54) is 22.5 Å². The summed E-state index contributed by atoms with van der Waals surface area (Å²) in [6, 6.07) is 4.15. The number of rotatable bonds is 7. The van der Waals surface area contributed by atoms with Gasteiger partial charge in [-0.1, -0.05) is 23.2 Å². The molecule has 0 atom stereocenters. The Morgan fingerprint density at radius 2 is 1.65 bits per heavy atom. The van der Waals surface area contributed by atoms with E-state index in [1.807, 2.05) is 0 Å². The number of nitrogens with zero attached hydrogens (tertiary/aromatic N) is 4. The van der Waals surface area contributed by atoms with Gasteiger partial charge in [0.05, 0.1) is 14.9 Å². The standard InChI is InChI=1S/C20H31Cl2N5O3S/c1-24-8-10-25(11-9-24)7-3-2-6-23-20(28)26-12-14-27(15-13-26)31(29,30)17-4-5-18(21)19(22)16-17/h4-5,16H,2-3,6-15H2,1H3,(H,23,28). The van der Waals surface area contributed by atoms with Crippen LogP contribution in [0.2, 0.25) is 10.0 Å². The fourth-order valence-corrected chi connectivity index (χ4v) is 5.57. The Labute approximate surface area is 195 Å². The average Bonchev–Trinajstić information content (AvgIpc) is 2.76. The van der Waals surface area contributed by atoms with Crippen LogP contribution in [0.4, 0.5) is 4.79 Å². The quantitative estimate of drug-likeness (QED) is 0.590. The second kappa shape index (κ2) is 11.2. The summed E-state index contributed by atoms with van der Waals surface area (Å²) < 4.78 is 27.0. The van der Waals surface area contributed by atoms with Gasteiger partial charge in [-0.2, -0.15) is 4.31 Å². The van der Waals surface area contributed by atoms with Crippen LogP contribution in [0.3, 0.4) is 0 Å². The van der Waals surface area contributed by atoms with E-state index in [0.717, 1.165) is 45.6 Å². The summed E-state index contributed by atoms with van der Waals surface area (Å²) in [6.45, 7) is 7.35. The fraction of sp³-hybridized carbons (Fsp3) is 0.650. The van der Waals surface area contributed by atoms with Gasteiger partial charge in [0.15, 0.2) is 0 Å². The second-order valence-electron chi connectivity index (χ2n) is 8.05. The Bertz CT molecular complexity index is 854. The smallest absolute Gasteiger partial charge is 0.317 e. The summed E-state index contributed by atoms with van der Waals surface area (Å²) in [5.41, 5.74) is 0. The van der Waals surface area contributed by atoms with Crippen LogP contribution < -0.4 is 5.32 Å². The summed E-state index contributed by atoms with van der Waals surface area (Å²) in [6.07, 6.45) is 1.99. The highest BCUT2D eigenvalue weighted by molar-refractivity contribution is 7.89. The lowest BCUT2D eigenvalue weighted by Crippen LogP contribution is -2.53. The highest BCUT2D eigenvalue weighted by atomic mass is 35.5. The molecule has 174 valence electrons. The first-order chi connectivity index (χ1) is 14.8. The Hall–Kier alpha value is -1.10. The van der Waals surface area contributed by atoms with Crippen LogP contribution in [0.15, 0.2) is 23.1 Å². The zero-order valence-corrected chi connectivity index (χ0v) is 20.2. The summed E-state index contributed by atoms with van der Waals surface area (Å²) in [4.78, 5) is 19.0. The maximum absolute atomic E-state index is 12.8. The summed E-state index contributed by atoms with van der Waals surface area (Å²) in [5.74, 6) is 0. The third-order valence-corrected chi connectivity index (χ3v) is 8.46. The number of piperazine rings is 2. The molecule has 2 fully saturated rings. The summed E-state index contributed by atoms with van der Waals surface area (Å²) >= 11 is 11.8. The predicted molar refractivity (Wildman–Crippen MR) is 123 cm³/mol. The van der Waals surface area contributed by atoms with Crippen molar-refractivity contribution in [3.05, 3.63) is 28.2 Å². The third-order valence-electron chi connectivity index (χ3n) is 5.83. The van der Waals surface area contributed by atoms with Crippen LogP contribution in [0.1, 0.15) is 12.8 Å². The van der Waals surface area contributed by atoms with Crippen LogP contribution in [-0.2, 0) is 10.0 Å². The van der Waals surface area contributed by atoms with E-state index in [9.17, 15) is 13.2 Å². The number of likely N-dealkylation sites (N-methyl/N-ethyl adjacent to an activating group) is 1. The Balaban J connectivity index is 1.37. The minimum Gasteiger partial charge on any atom is -0.338 e. The molecule has 1 N–H and O–H groups in total. The number of hydrogen-bond donors (Lipinski definition) is 1. The first-order valence-electron chi connectivity index (χ1n) is 10.7. The van der Waals surface area contributed by atoms with Crippen LogP contribution in [0.25, 0.3) is 0 Å². The normalized spacial score (nSPS) is 19.5. The molecule has 0 aromatic heterocycles. The molecule has 0 bridgehead atoms. The molecule has 8 nitrogen and oxygen atoms in total. The lowest BCUT2D eigenvalue weighted by atomic mass is 10.2. The maximum Gasteiger partial charge on any atom is 0.317 e. The fourth-order valence-electron chi connectivity index (χ4n) is 3.76. The number of benzene rings is 1. The zero-order valence-electron chi connectivity index (χ0n) is 17.9. The maximum atomic E-state index is 12.8. The van der Waals surface area contributed by atoms with E-state index < -0.39 is 10.0 Å². The van der Waals surface area contributed by atoms with Crippen LogP contribution in [-0.4, -0.2) is 106 Å². The van der Waals surface area contributed by atoms with Crippen molar-refractivity contribution in [1.82, 2.24) is 24.3 Å². The zero-order chi connectivity index (χ0) is 22.4. The Kier molecular flexibility index (Phi) is 8.83. The largest absolute Gasteiger partial charge is 0.338 e. The van der Waals surface area contributed by atoms with Gasteiger partial charge in [-0.15, -0.1) is 0 Å². The number of nitrogens with one attached hydrogen (secondary N) is 1. The molecule has 1 aromatic rings. The molecule has 0 aliphatic carbocycles. The van der Waals surface area contributed by atoms with E-state index in [0.29, 0.717) is 24.7 Å². The SMILES string of the molecule is CN1CCN(CCCCNC(=O)N2CCN(S(=O)(=O)c3ccc(Cl)c(Cl)c3)CC2)CC1. The van der Waals surface area contributed by atoms with Crippen LogP contribution in [0.5, 0.6) is 0 Å². The van der Waals surface area contributed by atoms with Crippen molar-refractivity contribution in [2.24, 2.45) is 0 Å². The molecule has 0 saturated carbocycles. The van der Waals surface area contributed by atoms with E-state index >= 15 is 0 Å². The molecule has 2 aliphatic heterocycles. The van der Waals surface area contributed by atoms with Gasteiger partial charge in [0.2, 0.25) is 10.0 Å². The number of urea groups is 1. The first kappa shape index (κ1) is 24.5. The Morgan fingerprint density at radius 3 is 2.29 bits per heavy atom. The molecule has 2 heterocycles. The average molecular weight is 492 g/mol. The third kappa shape index (κ3) is 6.69. The van der Waals surface area contributed by atoms with Crippen molar-refractivity contribution < 1.29 is 13.2 Å². The molecule has 3 rings (SSSR count). The van der Waals surface area contributed by atoms with Crippen molar-refractivity contribution in [2.45, 2.75) is 17.7 Å². The van der Waals surface area contributed by atoms with Gasteiger partial charge in [0.25, 0.3) is 0 Å². The number of hydrogen-bond acceptors (Lipinski definition) is 5. The minimum atomic E-state index is -3.66. The first-order valence-corrected chi connectivity index (χ1v) is 12.9.